The number of primary amides is 2. The van der Waals surface area contributed by atoms with Gasteiger partial charge in [0.2, 0.25) is 11.8 Å². The molecule has 0 aliphatic carbocycles. The van der Waals surface area contributed by atoms with Gasteiger partial charge in [-0.05, 0) is 41.0 Å². The van der Waals surface area contributed by atoms with Crippen LogP contribution in [-0.4, -0.2) is 39.9 Å². The van der Waals surface area contributed by atoms with Crippen LogP contribution in [0.5, 0.6) is 5.75 Å². The lowest BCUT2D eigenvalue weighted by atomic mass is 9.96. The maximum atomic E-state index is 13.4. The van der Waals surface area contributed by atoms with Crippen molar-refractivity contribution in [2.45, 2.75) is 38.0 Å². The zero-order valence-electron chi connectivity index (χ0n) is 23.9. The molecule has 5 rings (SSSR count). The lowest BCUT2D eigenvalue weighted by molar-refractivity contribution is -0.119. The summed E-state index contributed by atoms with van der Waals surface area (Å²) in [6.07, 6.45) is 7.58. The molecule has 1 aliphatic heterocycles. The number of carbonyl (C=O) groups is 3. The van der Waals surface area contributed by atoms with Crippen LogP contribution in [0.15, 0.2) is 85.3 Å². The van der Waals surface area contributed by atoms with Crippen LogP contribution in [0, 0.1) is 0 Å². The first kappa shape index (κ1) is 30.5. The molecule has 0 bridgehead atoms. The van der Waals surface area contributed by atoms with E-state index in [1.165, 1.54) is 6.08 Å². The number of nitrogens with two attached hydrogens (primary N) is 2. The number of imidazole rings is 1. The Morgan fingerprint density at radius 2 is 1.80 bits per heavy atom. The van der Waals surface area contributed by atoms with E-state index in [9.17, 15) is 14.4 Å². The number of para-hydroxylation sites is 1. The summed E-state index contributed by atoms with van der Waals surface area (Å²) in [7, 11) is 0. The number of benzene rings is 3. The van der Waals surface area contributed by atoms with E-state index in [2.05, 4.69) is 20.2 Å². The van der Waals surface area contributed by atoms with Crippen LogP contribution < -0.4 is 26.8 Å². The van der Waals surface area contributed by atoms with Crippen LogP contribution in [0.4, 0.5) is 0 Å². The minimum absolute atomic E-state index is 0.0628. The predicted octanol–water partition coefficient (Wildman–Crippen LogP) is 3.52. The molecule has 0 saturated heterocycles. The summed E-state index contributed by atoms with van der Waals surface area (Å²) < 4.78 is 8.05. The van der Waals surface area contributed by atoms with E-state index >= 15 is 0 Å². The second-order valence-corrected chi connectivity index (χ2v) is 11.0. The van der Waals surface area contributed by atoms with Crippen LogP contribution in [0.3, 0.4) is 0 Å². The van der Waals surface area contributed by atoms with Gasteiger partial charge in [-0.2, -0.15) is 0 Å². The molecule has 1 aliphatic rings. The normalized spacial score (nSPS) is 14.9. The molecule has 10 nitrogen and oxygen atoms in total. The smallest absolute Gasteiger partial charge is 0.255 e. The van der Waals surface area contributed by atoms with Gasteiger partial charge in [0, 0.05) is 54.8 Å². The molecule has 1 aromatic heterocycles. The number of ether oxygens (including phenoxy) is 1. The first-order chi connectivity index (χ1) is 21.3. The fourth-order valence-electron chi connectivity index (χ4n) is 5.11. The molecule has 6 N–H and O–H groups in total. The minimum Gasteiger partial charge on any atom is -0.492 e. The summed E-state index contributed by atoms with van der Waals surface area (Å²) in [6, 6.07) is 19.4. The summed E-state index contributed by atoms with van der Waals surface area (Å²) in [5.41, 5.74) is 15.8. The Hall–Kier alpha value is -4.93. The van der Waals surface area contributed by atoms with Crippen molar-refractivity contribution in [3.8, 4) is 5.75 Å². The third kappa shape index (κ3) is 7.71. The van der Waals surface area contributed by atoms with E-state index in [0.29, 0.717) is 42.5 Å². The van der Waals surface area contributed by atoms with Gasteiger partial charge in [0.1, 0.15) is 11.8 Å². The van der Waals surface area contributed by atoms with Crippen LogP contribution >= 0.6 is 11.6 Å². The number of aromatic nitrogens is 2. The number of amides is 3. The summed E-state index contributed by atoms with van der Waals surface area (Å²) in [6.45, 7) is 1.60. The standard InChI is InChI=1S/C33H33ClN6O4/c34-24-11-8-22(9-12-24)16-29(32(36)42)39-33(43)27-3-1-2-26-28(14-15-44-31(26)27)38-18-25-17-37-20-40(25)19-23-6-4-21(5-7-23)10-13-30(35)41/h1-13,17,20,28-29,38H,14-16,18-19H2,(H2,35,41)(H2,36,42)(H,39,43)/b13-10+. The van der Waals surface area contributed by atoms with Crippen LogP contribution in [0.25, 0.3) is 6.08 Å². The highest BCUT2D eigenvalue weighted by Crippen LogP contribution is 2.35. The molecule has 226 valence electrons. The highest BCUT2D eigenvalue weighted by molar-refractivity contribution is 6.30. The SMILES string of the molecule is NC(=O)/C=C/c1ccc(Cn2cncc2CNC2CCOc3c(C(=O)NC(Cc4ccc(Cl)cc4)C(N)=O)cccc32)cc1. The molecule has 0 fully saturated rings. The highest BCUT2D eigenvalue weighted by Gasteiger charge is 2.28. The molecule has 0 saturated carbocycles. The fraction of sp³-hybridized carbons (Fsp3) is 0.212. The summed E-state index contributed by atoms with van der Waals surface area (Å²) in [5, 5.41) is 6.95. The van der Waals surface area contributed by atoms with Crippen molar-refractivity contribution in [2.24, 2.45) is 11.5 Å². The Kier molecular flexibility index (Phi) is 9.73. The van der Waals surface area contributed by atoms with Gasteiger partial charge in [-0.1, -0.05) is 60.1 Å². The van der Waals surface area contributed by atoms with Gasteiger partial charge in [0.15, 0.2) is 0 Å². The number of halogens is 1. The van der Waals surface area contributed by atoms with Crippen LogP contribution in [-0.2, 0) is 29.1 Å². The Morgan fingerprint density at radius 1 is 1.05 bits per heavy atom. The molecule has 11 heteroatoms. The quantitative estimate of drug-likeness (QED) is 0.180. The summed E-state index contributed by atoms with van der Waals surface area (Å²) in [4.78, 5) is 40.9. The van der Waals surface area contributed by atoms with Gasteiger partial charge in [0.05, 0.1) is 24.2 Å². The Morgan fingerprint density at radius 3 is 2.52 bits per heavy atom. The first-order valence-electron chi connectivity index (χ1n) is 14.2. The largest absolute Gasteiger partial charge is 0.492 e. The lowest BCUT2D eigenvalue weighted by Crippen LogP contribution is -2.46. The van der Waals surface area contributed by atoms with Crippen molar-refractivity contribution in [2.75, 3.05) is 6.61 Å². The van der Waals surface area contributed by atoms with Crippen molar-refractivity contribution in [3.05, 3.63) is 124 Å². The molecule has 2 atom stereocenters. The van der Waals surface area contributed by atoms with E-state index in [0.717, 1.165) is 27.9 Å². The topological polar surface area (TPSA) is 154 Å². The second-order valence-electron chi connectivity index (χ2n) is 10.5. The predicted molar refractivity (Wildman–Crippen MR) is 168 cm³/mol. The lowest BCUT2D eigenvalue weighted by Gasteiger charge is -2.28. The first-order valence-corrected chi connectivity index (χ1v) is 14.5. The van der Waals surface area contributed by atoms with Gasteiger partial charge in [-0.3, -0.25) is 14.4 Å². The van der Waals surface area contributed by atoms with Crippen molar-refractivity contribution < 1.29 is 19.1 Å². The van der Waals surface area contributed by atoms with Crippen molar-refractivity contribution >= 4 is 35.4 Å². The maximum absolute atomic E-state index is 13.4. The van der Waals surface area contributed by atoms with E-state index in [1.54, 1.807) is 42.7 Å². The van der Waals surface area contributed by atoms with E-state index in [4.69, 9.17) is 27.8 Å². The van der Waals surface area contributed by atoms with Gasteiger partial charge in [-0.15, -0.1) is 0 Å². The van der Waals surface area contributed by atoms with Crippen LogP contribution in [0.2, 0.25) is 5.02 Å². The third-order valence-electron chi connectivity index (χ3n) is 7.42. The Labute approximate surface area is 260 Å². The molecular formula is C33H33ClN6O4. The molecule has 3 amide bonds. The number of carbonyl (C=O) groups excluding carboxylic acids is 3. The monoisotopic (exact) mass is 612 g/mol. The number of nitrogens with zero attached hydrogens (tertiary/aromatic N) is 2. The molecule has 0 spiro atoms. The fourth-order valence-corrected chi connectivity index (χ4v) is 5.23. The van der Waals surface area contributed by atoms with Gasteiger partial charge >= 0.3 is 0 Å². The van der Waals surface area contributed by atoms with E-state index < -0.39 is 23.8 Å². The van der Waals surface area contributed by atoms with Crippen molar-refractivity contribution in [1.29, 1.82) is 0 Å². The van der Waals surface area contributed by atoms with E-state index in [-0.39, 0.29) is 12.5 Å². The Bertz CT molecular complexity index is 1670. The zero-order valence-corrected chi connectivity index (χ0v) is 24.7. The van der Waals surface area contributed by atoms with Crippen molar-refractivity contribution in [3.63, 3.8) is 0 Å². The maximum Gasteiger partial charge on any atom is 0.255 e. The highest BCUT2D eigenvalue weighted by atomic mass is 35.5. The number of hydrogen-bond donors (Lipinski definition) is 4. The Balaban J connectivity index is 1.25. The molecular weight excluding hydrogens is 580 g/mol. The second kappa shape index (κ2) is 14.0. The van der Waals surface area contributed by atoms with Gasteiger partial charge in [0.25, 0.3) is 5.91 Å². The zero-order chi connectivity index (χ0) is 31.1. The van der Waals surface area contributed by atoms with Gasteiger partial charge in [-0.25, -0.2) is 4.98 Å². The average Bonchev–Trinajstić information content (AvgIpc) is 3.46. The average molecular weight is 613 g/mol. The van der Waals surface area contributed by atoms with Gasteiger partial charge < -0.3 is 31.4 Å². The van der Waals surface area contributed by atoms with Crippen molar-refractivity contribution in [1.82, 2.24) is 20.2 Å². The van der Waals surface area contributed by atoms with E-state index in [1.807, 2.05) is 42.6 Å². The molecule has 0 radical (unpaired) electrons. The minimum atomic E-state index is -0.903. The molecule has 2 unspecified atom stereocenters. The number of hydrogen-bond acceptors (Lipinski definition) is 6. The third-order valence-corrected chi connectivity index (χ3v) is 7.67. The molecule has 44 heavy (non-hydrogen) atoms. The van der Waals surface area contributed by atoms with Crippen LogP contribution in [0.1, 0.15) is 50.8 Å². The number of fused-ring (bicyclic) bond motifs is 1. The molecule has 3 aromatic carbocycles. The summed E-state index contributed by atoms with van der Waals surface area (Å²) in [5.74, 6) is -1.07. The molecule has 2 heterocycles. The molecule has 4 aromatic rings. The number of nitrogens with one attached hydrogen (secondary N) is 2. The number of rotatable bonds is 12. The summed E-state index contributed by atoms with van der Waals surface area (Å²) >= 11 is 5.97.